The summed E-state index contributed by atoms with van der Waals surface area (Å²) in [5, 5.41) is 21.9. The van der Waals surface area contributed by atoms with Gasteiger partial charge in [0, 0.05) is 18.5 Å². The minimum Gasteiger partial charge on any atom is -0.395 e. The molecule has 39 heavy (non-hydrogen) atoms. The average molecular weight is 593 g/mol. The number of aliphatic hydroxyl groups excluding tert-OH is 2. The molecule has 1 fully saturated rings. The molecule has 1 aliphatic rings. The lowest BCUT2D eigenvalue weighted by atomic mass is 9.97. The van der Waals surface area contributed by atoms with Crippen LogP contribution in [0.2, 0.25) is 0 Å². The Labute approximate surface area is 227 Å². The van der Waals surface area contributed by atoms with Crippen molar-refractivity contribution < 1.29 is 42.1 Å². The summed E-state index contributed by atoms with van der Waals surface area (Å²) in [4.78, 5) is 27.7. The van der Waals surface area contributed by atoms with Gasteiger partial charge in [0.05, 0.1) is 25.2 Å². The number of anilines is 1. The second-order valence-electron chi connectivity index (χ2n) is 9.31. The molecule has 0 spiro atoms. The summed E-state index contributed by atoms with van der Waals surface area (Å²) in [7, 11) is -4.18. The molecule has 3 rings (SSSR count). The maximum atomic E-state index is 14.8. The fraction of sp³-hybridized carbons (Fsp3) is 0.522. The third kappa shape index (κ3) is 7.92. The number of benzene rings is 1. The molecule has 1 aromatic heterocycles. The van der Waals surface area contributed by atoms with E-state index in [1.165, 1.54) is 0 Å². The monoisotopic (exact) mass is 592 g/mol. The van der Waals surface area contributed by atoms with E-state index in [0.29, 0.717) is 4.57 Å². The van der Waals surface area contributed by atoms with Crippen LogP contribution >= 0.6 is 19.5 Å². The molecule has 0 amide bonds. The van der Waals surface area contributed by atoms with E-state index in [2.05, 4.69) is 10.1 Å². The summed E-state index contributed by atoms with van der Waals surface area (Å²) in [6.07, 6.45) is -5.35. The number of carbonyl (C=O) groups is 1. The molecule has 216 valence electrons. The number of aliphatic hydroxyl groups is 2. The molecule has 0 radical (unpaired) electrons. The summed E-state index contributed by atoms with van der Waals surface area (Å²) in [5.74, 6) is -4.03. The highest BCUT2D eigenvalue weighted by atomic mass is 32.2. The van der Waals surface area contributed by atoms with Gasteiger partial charge >= 0.3 is 19.4 Å². The van der Waals surface area contributed by atoms with Crippen LogP contribution < -0.4 is 16.5 Å². The number of thioether (sulfide) groups is 1. The Morgan fingerprint density at radius 1 is 1.31 bits per heavy atom. The van der Waals surface area contributed by atoms with Crippen LogP contribution in [0.1, 0.15) is 25.6 Å². The van der Waals surface area contributed by atoms with Gasteiger partial charge in [-0.1, -0.05) is 42.1 Å². The normalized spacial score (nSPS) is 22.5. The number of hydrogen-bond acceptors (Lipinski definition) is 11. The molecule has 1 aliphatic heterocycles. The lowest BCUT2D eigenvalue weighted by Gasteiger charge is -2.23. The smallest absolute Gasteiger partial charge is 0.395 e. The number of rotatable bonds is 13. The Balaban J connectivity index is 1.68. The van der Waals surface area contributed by atoms with E-state index < -0.39 is 49.8 Å². The number of nitrogens with one attached hydrogen (secondary N) is 1. The molecule has 2 unspecified atom stereocenters. The number of halogens is 2. The largest absolute Gasteiger partial charge is 0.405 e. The van der Waals surface area contributed by atoms with Gasteiger partial charge in [-0.15, -0.1) is 0 Å². The first-order valence-electron chi connectivity index (χ1n) is 11.8. The van der Waals surface area contributed by atoms with Gasteiger partial charge in [0.1, 0.15) is 11.9 Å². The van der Waals surface area contributed by atoms with Crippen molar-refractivity contribution in [3.63, 3.8) is 0 Å². The van der Waals surface area contributed by atoms with E-state index in [0.717, 1.165) is 29.6 Å². The van der Waals surface area contributed by atoms with E-state index in [4.69, 9.17) is 19.5 Å². The molecule has 1 aromatic carbocycles. The Hall–Kier alpha value is -2.23. The van der Waals surface area contributed by atoms with Crippen molar-refractivity contribution >= 4 is 30.4 Å². The summed E-state index contributed by atoms with van der Waals surface area (Å²) in [6.45, 7) is 1.81. The van der Waals surface area contributed by atoms with E-state index in [9.17, 15) is 33.1 Å². The molecule has 4 atom stereocenters. The first kappa shape index (κ1) is 31.3. The van der Waals surface area contributed by atoms with Gasteiger partial charge in [-0.2, -0.15) is 13.8 Å². The van der Waals surface area contributed by atoms with Crippen molar-refractivity contribution in [2.24, 2.45) is 5.41 Å². The Morgan fingerprint density at radius 2 is 2.00 bits per heavy atom. The Bertz CT molecular complexity index is 1240. The summed E-state index contributed by atoms with van der Waals surface area (Å²) in [6, 6.07) is 9.92. The lowest BCUT2D eigenvalue weighted by Crippen LogP contribution is -2.42. The third-order valence-electron chi connectivity index (χ3n) is 5.74. The molecule has 0 aliphatic carbocycles. The summed E-state index contributed by atoms with van der Waals surface area (Å²) < 4.78 is 59.7. The van der Waals surface area contributed by atoms with E-state index in [1.54, 1.807) is 44.2 Å². The summed E-state index contributed by atoms with van der Waals surface area (Å²) in [5.41, 5.74) is 4.04. The van der Waals surface area contributed by atoms with Crippen LogP contribution in [0.3, 0.4) is 0 Å². The maximum Gasteiger partial charge on any atom is 0.405 e. The van der Waals surface area contributed by atoms with Crippen LogP contribution in [0.4, 0.5) is 14.6 Å². The van der Waals surface area contributed by atoms with Crippen molar-refractivity contribution in [1.82, 2.24) is 14.6 Å². The molecule has 0 saturated carbocycles. The predicted octanol–water partition coefficient (Wildman–Crippen LogP) is 1.93. The van der Waals surface area contributed by atoms with Crippen LogP contribution in [-0.4, -0.2) is 68.6 Å². The SMILES string of the molecule is CC(C)(CO)C(=O)SCCOP(=O)(NCc1ccccc1)OC[C@H]1O[C@@H](n2ccc(N)nc2=O)C(F)(F)C1O. The molecule has 16 heteroatoms. The minimum atomic E-state index is -4.18. The number of nitrogens with two attached hydrogens (primary N) is 1. The molecule has 12 nitrogen and oxygen atoms in total. The number of aromatic nitrogens is 2. The van der Waals surface area contributed by atoms with Gasteiger partial charge in [-0.05, 0) is 25.5 Å². The van der Waals surface area contributed by atoms with Crippen molar-refractivity contribution in [3.8, 4) is 0 Å². The van der Waals surface area contributed by atoms with Gasteiger partial charge in [0.2, 0.25) is 6.23 Å². The van der Waals surface area contributed by atoms with Crippen molar-refractivity contribution in [2.45, 2.75) is 44.8 Å². The average Bonchev–Trinajstić information content (AvgIpc) is 3.13. The Kier molecular flexibility index (Phi) is 10.4. The number of alkyl halides is 2. The second-order valence-corrected chi connectivity index (χ2v) is 12.2. The second kappa shape index (κ2) is 13.0. The Morgan fingerprint density at radius 3 is 2.64 bits per heavy atom. The van der Waals surface area contributed by atoms with Crippen LogP contribution in [0.25, 0.3) is 0 Å². The van der Waals surface area contributed by atoms with E-state index >= 15 is 0 Å². The molecule has 1 saturated heterocycles. The van der Waals surface area contributed by atoms with Crippen LogP contribution in [0, 0.1) is 5.41 Å². The fourth-order valence-corrected chi connectivity index (χ4v) is 5.59. The first-order chi connectivity index (χ1) is 18.3. The standard InChI is InChI=1S/C23H31F2N4O8PS/c1-22(2,14-30)20(32)39-11-10-35-38(34,27-12-15-6-4-3-5-7-15)36-13-16-18(31)23(24,25)19(37-16)29-9-8-17(26)28-21(29)33/h3-9,16,18-19,30-31H,10-14H2,1-2H3,(H,27,34)(H2,26,28,33)/t16-,18?,19-,38?/m1/s1. The summed E-state index contributed by atoms with van der Waals surface area (Å²) >= 11 is 0.867. The van der Waals surface area contributed by atoms with Crippen LogP contribution in [-0.2, 0) is 29.7 Å². The van der Waals surface area contributed by atoms with Crippen molar-refractivity contribution in [1.29, 1.82) is 0 Å². The van der Waals surface area contributed by atoms with Gasteiger partial charge in [0.25, 0.3) is 0 Å². The highest BCUT2D eigenvalue weighted by molar-refractivity contribution is 8.13. The zero-order chi connectivity index (χ0) is 28.8. The van der Waals surface area contributed by atoms with Gasteiger partial charge < -0.3 is 20.7 Å². The number of nitrogens with zero attached hydrogens (tertiary/aromatic N) is 2. The zero-order valence-corrected chi connectivity index (χ0v) is 22.9. The molecule has 0 bridgehead atoms. The van der Waals surface area contributed by atoms with Crippen LogP contribution in [0.15, 0.2) is 47.4 Å². The number of hydrogen-bond donors (Lipinski definition) is 4. The van der Waals surface area contributed by atoms with Crippen LogP contribution in [0.5, 0.6) is 0 Å². The number of nitrogen functional groups attached to an aromatic ring is 1. The predicted molar refractivity (Wildman–Crippen MR) is 139 cm³/mol. The van der Waals surface area contributed by atoms with E-state index in [1.807, 2.05) is 0 Å². The van der Waals surface area contributed by atoms with Gasteiger partial charge in [0.15, 0.2) is 11.2 Å². The third-order valence-corrected chi connectivity index (χ3v) is 8.48. The van der Waals surface area contributed by atoms with Crippen molar-refractivity contribution in [3.05, 3.63) is 58.6 Å². The lowest BCUT2D eigenvalue weighted by molar-refractivity contribution is -0.140. The molecule has 2 heterocycles. The van der Waals surface area contributed by atoms with Gasteiger partial charge in [-0.25, -0.2) is 14.4 Å². The highest BCUT2D eigenvalue weighted by Gasteiger charge is 2.60. The molecular weight excluding hydrogens is 561 g/mol. The highest BCUT2D eigenvalue weighted by Crippen LogP contribution is 2.47. The molecular formula is C23H31F2N4O8PS. The topological polar surface area (TPSA) is 175 Å². The van der Waals surface area contributed by atoms with E-state index in [-0.39, 0.29) is 36.4 Å². The molecule has 5 N–H and O–H groups in total. The number of carbonyl (C=O) groups excluding carboxylic acids is 1. The quantitative estimate of drug-likeness (QED) is 0.197. The fourth-order valence-electron chi connectivity index (χ4n) is 3.35. The minimum absolute atomic E-state index is 0.0289. The van der Waals surface area contributed by atoms with Crippen molar-refractivity contribution in [2.75, 3.05) is 31.3 Å². The first-order valence-corrected chi connectivity index (χ1v) is 14.3. The number of ether oxygens (including phenoxy) is 1. The zero-order valence-electron chi connectivity index (χ0n) is 21.2. The van der Waals surface area contributed by atoms with Gasteiger partial charge in [-0.3, -0.25) is 18.4 Å². The molecule has 2 aromatic rings. The maximum absolute atomic E-state index is 14.8.